The molecule has 82 valence electrons. The first kappa shape index (κ1) is 10.3. The van der Waals surface area contributed by atoms with Crippen LogP contribution in [0.15, 0.2) is 12.1 Å². The van der Waals surface area contributed by atoms with Gasteiger partial charge in [-0.05, 0) is 37.3 Å². The normalized spacial score (nSPS) is 15.3. The lowest BCUT2D eigenvalue weighted by molar-refractivity contribution is 0.300. The van der Waals surface area contributed by atoms with E-state index in [2.05, 4.69) is 13.0 Å². The fraction of sp³-hybridized carbons (Fsp3) is 0.538. The molecule has 0 heterocycles. The fourth-order valence-corrected chi connectivity index (χ4v) is 1.75. The molecule has 1 saturated carbocycles. The zero-order chi connectivity index (χ0) is 10.8. The average molecular weight is 205 g/mol. The maximum Gasteiger partial charge on any atom is 0.124 e. The number of aryl methyl sites for hydroxylation is 2. The van der Waals surface area contributed by atoms with E-state index in [9.17, 15) is 0 Å². The number of anilines is 1. The third-order valence-corrected chi connectivity index (χ3v) is 3.04. The van der Waals surface area contributed by atoms with Crippen molar-refractivity contribution in [3.05, 3.63) is 23.3 Å². The highest BCUT2D eigenvalue weighted by atomic mass is 16.5. The van der Waals surface area contributed by atoms with E-state index in [1.165, 1.54) is 24.8 Å². The number of hydrogen-bond acceptors (Lipinski definition) is 2. The largest absolute Gasteiger partial charge is 0.493 e. The van der Waals surface area contributed by atoms with Crippen LogP contribution in [0.2, 0.25) is 0 Å². The second kappa shape index (κ2) is 4.13. The summed E-state index contributed by atoms with van der Waals surface area (Å²) in [6, 6.07) is 4.03. The highest BCUT2D eigenvalue weighted by molar-refractivity contribution is 5.54. The third-order valence-electron chi connectivity index (χ3n) is 3.04. The first-order chi connectivity index (χ1) is 7.16. The molecular weight excluding hydrogens is 186 g/mol. The summed E-state index contributed by atoms with van der Waals surface area (Å²) >= 11 is 0. The molecule has 0 amide bonds. The highest BCUT2D eigenvalue weighted by Crippen LogP contribution is 2.32. The Labute approximate surface area is 91.4 Å². The van der Waals surface area contributed by atoms with Gasteiger partial charge in [0.05, 0.1) is 6.61 Å². The second-order valence-electron chi connectivity index (χ2n) is 4.55. The number of hydrogen-bond donors (Lipinski definition) is 1. The Balaban J connectivity index is 1.96. The van der Waals surface area contributed by atoms with E-state index in [0.717, 1.165) is 29.5 Å². The van der Waals surface area contributed by atoms with Gasteiger partial charge in [-0.25, -0.2) is 0 Å². The lowest BCUT2D eigenvalue weighted by Gasteiger charge is -2.11. The van der Waals surface area contributed by atoms with Crippen LogP contribution in [0.3, 0.4) is 0 Å². The van der Waals surface area contributed by atoms with E-state index in [1.807, 2.05) is 13.0 Å². The van der Waals surface area contributed by atoms with Gasteiger partial charge in [-0.3, -0.25) is 0 Å². The number of benzene rings is 1. The summed E-state index contributed by atoms with van der Waals surface area (Å²) in [6.45, 7) is 4.92. The van der Waals surface area contributed by atoms with Crippen molar-refractivity contribution in [3.8, 4) is 5.75 Å². The molecule has 2 rings (SSSR count). The van der Waals surface area contributed by atoms with Gasteiger partial charge in [0, 0.05) is 11.8 Å². The maximum atomic E-state index is 5.85. The summed E-state index contributed by atoms with van der Waals surface area (Å²) in [5.74, 6) is 1.87. The molecule has 0 aliphatic heterocycles. The molecule has 2 heteroatoms. The van der Waals surface area contributed by atoms with Gasteiger partial charge in [-0.15, -0.1) is 0 Å². The summed E-state index contributed by atoms with van der Waals surface area (Å²) in [5, 5.41) is 0. The van der Waals surface area contributed by atoms with Crippen molar-refractivity contribution in [2.24, 2.45) is 5.92 Å². The van der Waals surface area contributed by atoms with E-state index >= 15 is 0 Å². The lowest BCUT2D eigenvalue weighted by Crippen LogP contribution is -2.01. The van der Waals surface area contributed by atoms with Gasteiger partial charge in [-0.1, -0.05) is 18.9 Å². The summed E-state index contributed by atoms with van der Waals surface area (Å²) < 4.78 is 5.74. The standard InChI is InChI=1S/C13H19NO/c1-9-7-10(2)13(8-12(9)14)15-6-5-11-3-4-11/h7-8,11H,3-6,14H2,1-2H3. The van der Waals surface area contributed by atoms with E-state index < -0.39 is 0 Å². The minimum absolute atomic E-state index is 0.821. The van der Waals surface area contributed by atoms with E-state index in [1.54, 1.807) is 0 Å². The fourth-order valence-electron chi connectivity index (χ4n) is 1.75. The van der Waals surface area contributed by atoms with Gasteiger partial charge in [0.1, 0.15) is 5.75 Å². The van der Waals surface area contributed by atoms with Crippen LogP contribution in [-0.2, 0) is 0 Å². The zero-order valence-electron chi connectivity index (χ0n) is 9.55. The van der Waals surface area contributed by atoms with Crippen LogP contribution in [0.25, 0.3) is 0 Å². The van der Waals surface area contributed by atoms with Gasteiger partial charge in [0.2, 0.25) is 0 Å². The van der Waals surface area contributed by atoms with Crippen molar-refractivity contribution in [1.82, 2.24) is 0 Å². The lowest BCUT2D eigenvalue weighted by atomic mass is 10.1. The predicted octanol–water partition coefficient (Wildman–Crippen LogP) is 3.06. The first-order valence-corrected chi connectivity index (χ1v) is 5.66. The molecule has 1 aliphatic carbocycles. The van der Waals surface area contributed by atoms with Gasteiger partial charge in [0.25, 0.3) is 0 Å². The third kappa shape index (κ3) is 2.65. The molecule has 2 nitrogen and oxygen atoms in total. The van der Waals surface area contributed by atoms with Crippen molar-refractivity contribution in [1.29, 1.82) is 0 Å². The topological polar surface area (TPSA) is 35.2 Å². The van der Waals surface area contributed by atoms with Crippen LogP contribution in [0.5, 0.6) is 5.75 Å². The summed E-state index contributed by atoms with van der Waals surface area (Å²) in [5.41, 5.74) is 8.98. The number of nitrogens with two attached hydrogens (primary N) is 1. The van der Waals surface area contributed by atoms with Gasteiger partial charge in [0.15, 0.2) is 0 Å². The maximum absolute atomic E-state index is 5.85. The predicted molar refractivity (Wildman–Crippen MR) is 63.2 cm³/mol. The Bertz CT molecular complexity index is 356. The van der Waals surface area contributed by atoms with Crippen LogP contribution in [0.4, 0.5) is 5.69 Å². The van der Waals surface area contributed by atoms with Crippen molar-refractivity contribution in [3.63, 3.8) is 0 Å². The van der Waals surface area contributed by atoms with Gasteiger partial charge >= 0.3 is 0 Å². The Morgan fingerprint density at radius 1 is 1.27 bits per heavy atom. The quantitative estimate of drug-likeness (QED) is 0.767. The molecule has 0 aromatic heterocycles. The first-order valence-electron chi connectivity index (χ1n) is 5.66. The molecule has 0 radical (unpaired) electrons. The van der Waals surface area contributed by atoms with Gasteiger partial charge in [-0.2, -0.15) is 0 Å². The van der Waals surface area contributed by atoms with Crippen molar-refractivity contribution >= 4 is 5.69 Å². The summed E-state index contributed by atoms with van der Waals surface area (Å²) in [6.07, 6.45) is 3.96. The van der Waals surface area contributed by atoms with Crippen LogP contribution >= 0.6 is 0 Å². The molecule has 2 N–H and O–H groups in total. The van der Waals surface area contributed by atoms with Crippen LogP contribution in [0, 0.1) is 19.8 Å². The number of nitrogen functional groups attached to an aromatic ring is 1. The smallest absolute Gasteiger partial charge is 0.124 e. The molecule has 1 aliphatic rings. The van der Waals surface area contributed by atoms with Crippen molar-refractivity contribution < 1.29 is 4.74 Å². The van der Waals surface area contributed by atoms with E-state index in [-0.39, 0.29) is 0 Å². The van der Waals surface area contributed by atoms with Gasteiger partial charge < -0.3 is 10.5 Å². The van der Waals surface area contributed by atoms with Crippen LogP contribution in [-0.4, -0.2) is 6.61 Å². The second-order valence-corrected chi connectivity index (χ2v) is 4.55. The number of rotatable bonds is 4. The van der Waals surface area contributed by atoms with Crippen LogP contribution < -0.4 is 10.5 Å². The van der Waals surface area contributed by atoms with Crippen LogP contribution in [0.1, 0.15) is 30.4 Å². The Hall–Kier alpha value is -1.18. The molecule has 0 saturated heterocycles. The number of ether oxygens (including phenoxy) is 1. The molecule has 15 heavy (non-hydrogen) atoms. The Morgan fingerprint density at radius 3 is 2.67 bits per heavy atom. The van der Waals surface area contributed by atoms with E-state index in [0.29, 0.717) is 0 Å². The SMILES string of the molecule is Cc1cc(C)c(OCCC2CC2)cc1N. The zero-order valence-corrected chi connectivity index (χ0v) is 9.55. The Kier molecular flexibility index (Phi) is 2.85. The van der Waals surface area contributed by atoms with Crippen molar-refractivity contribution in [2.75, 3.05) is 12.3 Å². The molecule has 0 bridgehead atoms. The summed E-state index contributed by atoms with van der Waals surface area (Å²) in [4.78, 5) is 0. The summed E-state index contributed by atoms with van der Waals surface area (Å²) in [7, 11) is 0. The van der Waals surface area contributed by atoms with Crippen molar-refractivity contribution in [2.45, 2.75) is 33.1 Å². The molecule has 1 aromatic rings. The minimum atomic E-state index is 0.821. The highest BCUT2D eigenvalue weighted by Gasteiger charge is 2.20. The molecular formula is C13H19NO. The Morgan fingerprint density at radius 2 is 2.00 bits per heavy atom. The molecule has 0 spiro atoms. The molecule has 1 aromatic carbocycles. The molecule has 0 unspecified atom stereocenters. The minimum Gasteiger partial charge on any atom is -0.493 e. The monoisotopic (exact) mass is 205 g/mol. The average Bonchev–Trinajstić information content (AvgIpc) is 2.97. The molecule has 0 atom stereocenters. The van der Waals surface area contributed by atoms with E-state index in [4.69, 9.17) is 10.5 Å². The molecule has 1 fully saturated rings.